The first-order valence-electron chi connectivity index (χ1n) is 6.80. The molecule has 0 heterocycles. The lowest BCUT2D eigenvalue weighted by atomic mass is 9.64. The zero-order valence-electron chi connectivity index (χ0n) is 10.2. The van der Waals surface area contributed by atoms with Crippen LogP contribution in [-0.2, 0) is 12.8 Å². The molecule has 2 atom stereocenters. The van der Waals surface area contributed by atoms with E-state index < -0.39 is 0 Å². The van der Waals surface area contributed by atoms with Crippen LogP contribution in [0.15, 0.2) is 29.8 Å². The number of aryl methyl sites for hydroxylation is 1. The van der Waals surface area contributed by atoms with E-state index in [-0.39, 0.29) is 0 Å². The average Bonchev–Trinajstić information content (AvgIpc) is 2.90. The first-order valence-corrected chi connectivity index (χ1v) is 6.80. The molecule has 3 aliphatic rings. The Bertz CT molecular complexity index is 514. The SMILES string of the molecule is Nc1ccc2c(c1)CCC1(CC3=CCC1C3)C2. The third-order valence-electron chi connectivity index (χ3n) is 5.31. The predicted molar refractivity (Wildman–Crippen MR) is 70.7 cm³/mol. The monoisotopic (exact) mass is 225 g/mol. The van der Waals surface area contributed by atoms with Crippen molar-refractivity contribution in [3.63, 3.8) is 0 Å². The van der Waals surface area contributed by atoms with Crippen LogP contribution in [0.1, 0.15) is 36.8 Å². The molecule has 0 saturated heterocycles. The van der Waals surface area contributed by atoms with Crippen molar-refractivity contribution < 1.29 is 0 Å². The number of nitrogen functional groups attached to an aromatic ring is 1. The van der Waals surface area contributed by atoms with Crippen LogP contribution in [0.5, 0.6) is 0 Å². The number of allylic oxidation sites excluding steroid dienone is 2. The van der Waals surface area contributed by atoms with Crippen molar-refractivity contribution in [2.45, 2.75) is 38.5 Å². The zero-order chi connectivity index (χ0) is 11.5. The Hall–Kier alpha value is -1.24. The fourth-order valence-electron chi connectivity index (χ4n) is 4.40. The Balaban J connectivity index is 1.72. The van der Waals surface area contributed by atoms with Gasteiger partial charge in [0.15, 0.2) is 0 Å². The molecule has 2 unspecified atom stereocenters. The Morgan fingerprint density at radius 3 is 2.88 bits per heavy atom. The van der Waals surface area contributed by atoms with Gasteiger partial charge >= 0.3 is 0 Å². The standard InChI is InChI=1S/C16H19N/c17-15-4-2-13-10-16(6-5-12(13)8-15)9-11-1-3-14(16)7-11/h1-2,4,8,14H,3,5-7,9-10,17H2. The second kappa shape index (κ2) is 3.16. The van der Waals surface area contributed by atoms with E-state index in [2.05, 4.69) is 24.3 Å². The Kier molecular flexibility index (Phi) is 1.81. The van der Waals surface area contributed by atoms with Gasteiger partial charge in [-0.3, -0.25) is 0 Å². The quantitative estimate of drug-likeness (QED) is 0.531. The lowest BCUT2D eigenvalue weighted by Gasteiger charge is -2.40. The Morgan fingerprint density at radius 1 is 1.18 bits per heavy atom. The van der Waals surface area contributed by atoms with Crippen molar-refractivity contribution in [2.24, 2.45) is 11.3 Å². The summed E-state index contributed by atoms with van der Waals surface area (Å²) in [5.41, 5.74) is 12.2. The lowest BCUT2D eigenvalue weighted by molar-refractivity contribution is 0.168. The molecule has 1 fully saturated rings. The van der Waals surface area contributed by atoms with Gasteiger partial charge in [-0.1, -0.05) is 17.7 Å². The maximum Gasteiger partial charge on any atom is 0.0316 e. The fourth-order valence-corrected chi connectivity index (χ4v) is 4.40. The van der Waals surface area contributed by atoms with Crippen LogP contribution in [-0.4, -0.2) is 0 Å². The van der Waals surface area contributed by atoms with Crippen molar-refractivity contribution in [1.82, 2.24) is 0 Å². The molecule has 2 N–H and O–H groups in total. The summed E-state index contributed by atoms with van der Waals surface area (Å²) >= 11 is 0. The molecule has 1 nitrogen and oxygen atoms in total. The number of hydrogen-bond donors (Lipinski definition) is 1. The third kappa shape index (κ3) is 1.31. The Labute approximate surface area is 103 Å². The maximum absolute atomic E-state index is 5.88. The number of hydrogen-bond acceptors (Lipinski definition) is 1. The largest absolute Gasteiger partial charge is 0.399 e. The van der Waals surface area contributed by atoms with Gasteiger partial charge in [-0.2, -0.15) is 0 Å². The van der Waals surface area contributed by atoms with Crippen LogP contribution in [0.25, 0.3) is 0 Å². The predicted octanol–water partition coefficient (Wildman–Crippen LogP) is 3.48. The molecule has 0 radical (unpaired) electrons. The summed E-state index contributed by atoms with van der Waals surface area (Å²) in [5.74, 6) is 0.947. The summed E-state index contributed by atoms with van der Waals surface area (Å²) in [6, 6.07) is 6.53. The van der Waals surface area contributed by atoms with E-state index in [0.717, 1.165) is 11.6 Å². The van der Waals surface area contributed by atoms with Crippen molar-refractivity contribution in [3.8, 4) is 0 Å². The molecule has 88 valence electrons. The molecule has 3 aliphatic carbocycles. The van der Waals surface area contributed by atoms with Crippen molar-refractivity contribution in [3.05, 3.63) is 41.0 Å². The topological polar surface area (TPSA) is 26.0 Å². The summed E-state index contributed by atoms with van der Waals surface area (Å²) < 4.78 is 0. The number of fused-ring (bicyclic) bond motifs is 4. The zero-order valence-corrected chi connectivity index (χ0v) is 10.2. The van der Waals surface area contributed by atoms with Crippen LogP contribution in [0.2, 0.25) is 0 Å². The fraction of sp³-hybridized carbons (Fsp3) is 0.500. The number of anilines is 1. The van der Waals surface area contributed by atoms with Gasteiger partial charge in [-0.25, -0.2) is 0 Å². The molecule has 0 amide bonds. The molecule has 4 rings (SSSR count). The van der Waals surface area contributed by atoms with Gasteiger partial charge in [-0.15, -0.1) is 0 Å². The first-order chi connectivity index (χ1) is 8.25. The summed E-state index contributed by atoms with van der Waals surface area (Å²) in [7, 11) is 0. The summed E-state index contributed by atoms with van der Waals surface area (Å²) in [5, 5.41) is 0. The molecule has 1 aromatic rings. The highest BCUT2D eigenvalue weighted by molar-refractivity contribution is 5.46. The average molecular weight is 225 g/mol. The van der Waals surface area contributed by atoms with Crippen molar-refractivity contribution >= 4 is 5.69 Å². The van der Waals surface area contributed by atoms with Gasteiger partial charge in [0.25, 0.3) is 0 Å². The highest BCUT2D eigenvalue weighted by atomic mass is 14.6. The van der Waals surface area contributed by atoms with E-state index in [9.17, 15) is 0 Å². The molecule has 1 spiro atoms. The van der Waals surface area contributed by atoms with Gasteiger partial charge in [0.1, 0.15) is 0 Å². The molecular weight excluding hydrogens is 206 g/mol. The van der Waals surface area contributed by atoms with Crippen LogP contribution in [0.3, 0.4) is 0 Å². The molecular formula is C16H19N. The maximum atomic E-state index is 5.88. The van der Waals surface area contributed by atoms with Gasteiger partial charge in [0.05, 0.1) is 0 Å². The van der Waals surface area contributed by atoms with E-state index in [0.29, 0.717) is 5.41 Å². The van der Waals surface area contributed by atoms with E-state index >= 15 is 0 Å². The molecule has 0 aromatic heterocycles. The van der Waals surface area contributed by atoms with Gasteiger partial charge in [0, 0.05) is 5.69 Å². The van der Waals surface area contributed by atoms with Gasteiger partial charge < -0.3 is 5.73 Å². The van der Waals surface area contributed by atoms with E-state index in [1.807, 2.05) is 0 Å². The molecule has 17 heavy (non-hydrogen) atoms. The normalized spacial score (nSPS) is 33.9. The van der Waals surface area contributed by atoms with E-state index in [1.165, 1.54) is 44.1 Å². The van der Waals surface area contributed by atoms with Crippen LogP contribution in [0, 0.1) is 11.3 Å². The summed E-state index contributed by atoms with van der Waals surface area (Å²) in [6.07, 6.45) is 10.5. The van der Waals surface area contributed by atoms with Crippen LogP contribution >= 0.6 is 0 Å². The van der Waals surface area contributed by atoms with Gasteiger partial charge in [0.2, 0.25) is 0 Å². The molecule has 0 aliphatic heterocycles. The van der Waals surface area contributed by atoms with Gasteiger partial charge in [-0.05, 0) is 73.1 Å². The highest BCUT2D eigenvalue weighted by Crippen LogP contribution is 2.58. The number of benzene rings is 1. The minimum atomic E-state index is 0.618. The van der Waals surface area contributed by atoms with Crippen LogP contribution < -0.4 is 5.73 Å². The smallest absolute Gasteiger partial charge is 0.0316 e. The second-order valence-electron chi connectivity index (χ2n) is 6.24. The summed E-state index contributed by atoms with van der Waals surface area (Å²) in [6.45, 7) is 0. The highest BCUT2D eigenvalue weighted by Gasteiger charge is 2.48. The summed E-state index contributed by atoms with van der Waals surface area (Å²) in [4.78, 5) is 0. The third-order valence-corrected chi connectivity index (χ3v) is 5.31. The van der Waals surface area contributed by atoms with Crippen molar-refractivity contribution in [1.29, 1.82) is 0 Å². The molecule has 2 bridgehead atoms. The second-order valence-corrected chi connectivity index (χ2v) is 6.24. The van der Waals surface area contributed by atoms with Crippen molar-refractivity contribution in [2.75, 3.05) is 5.73 Å². The minimum absolute atomic E-state index is 0.618. The van der Waals surface area contributed by atoms with E-state index in [4.69, 9.17) is 5.73 Å². The number of rotatable bonds is 0. The lowest BCUT2D eigenvalue weighted by Crippen LogP contribution is -2.33. The number of nitrogens with two attached hydrogens (primary N) is 1. The minimum Gasteiger partial charge on any atom is -0.399 e. The Morgan fingerprint density at radius 2 is 2.12 bits per heavy atom. The first kappa shape index (κ1) is 9.76. The molecule has 1 saturated carbocycles. The molecule has 1 heteroatoms. The molecule has 1 aromatic carbocycles. The van der Waals surface area contributed by atoms with E-state index in [1.54, 1.807) is 11.1 Å². The van der Waals surface area contributed by atoms with Crippen LogP contribution in [0.4, 0.5) is 5.69 Å².